The number of fused-ring (bicyclic) bond motifs is 2. The molecule has 0 unspecified atom stereocenters. The largest absolute Gasteiger partial charge is 0.326 e. The molecule has 6 heteroatoms. The number of para-hydroxylation sites is 1. The predicted molar refractivity (Wildman–Crippen MR) is 105 cm³/mol. The first kappa shape index (κ1) is 17.2. The van der Waals surface area contributed by atoms with Crippen LogP contribution in [0.25, 0.3) is 21.8 Å². The van der Waals surface area contributed by atoms with Gasteiger partial charge in [0, 0.05) is 23.4 Å². The number of carbonyl (C=O) groups is 1. The van der Waals surface area contributed by atoms with Gasteiger partial charge in [-0.15, -0.1) is 0 Å². The Hall–Kier alpha value is -3.25. The molecule has 0 spiro atoms. The van der Waals surface area contributed by atoms with Gasteiger partial charge in [-0.2, -0.15) is 0 Å². The van der Waals surface area contributed by atoms with E-state index in [9.17, 15) is 13.2 Å². The predicted octanol–water partition coefficient (Wildman–Crippen LogP) is 4.18. The first-order valence-electron chi connectivity index (χ1n) is 8.36. The molecule has 0 aliphatic heterocycles. The average Bonchev–Trinajstić information content (AvgIpc) is 2.65. The summed E-state index contributed by atoms with van der Waals surface area (Å²) in [6, 6.07) is 20.7. The van der Waals surface area contributed by atoms with E-state index in [0.29, 0.717) is 16.6 Å². The highest BCUT2D eigenvalue weighted by Crippen LogP contribution is 2.30. The molecule has 0 aliphatic rings. The number of nitrogens with one attached hydrogen (secondary N) is 1. The van der Waals surface area contributed by atoms with Crippen LogP contribution in [0.15, 0.2) is 82.6 Å². The third-order valence-corrected chi connectivity index (χ3v) is 6.12. The molecule has 0 radical (unpaired) electrons. The molecule has 4 rings (SSSR count). The van der Waals surface area contributed by atoms with Gasteiger partial charge in [0.05, 0.1) is 20.8 Å². The van der Waals surface area contributed by atoms with E-state index in [1.807, 2.05) is 30.3 Å². The number of hydrogen-bond donors (Lipinski definition) is 1. The maximum atomic E-state index is 13.2. The summed E-state index contributed by atoms with van der Waals surface area (Å²) in [6.45, 7) is 1.40. The molecule has 1 aromatic heterocycles. The fourth-order valence-electron chi connectivity index (χ4n) is 3.05. The van der Waals surface area contributed by atoms with Crippen LogP contribution < -0.4 is 5.32 Å². The minimum absolute atomic E-state index is 0.164. The minimum Gasteiger partial charge on any atom is -0.326 e. The van der Waals surface area contributed by atoms with Crippen LogP contribution in [-0.2, 0) is 14.6 Å². The molecule has 0 fully saturated rings. The van der Waals surface area contributed by atoms with Gasteiger partial charge in [0.25, 0.3) is 0 Å². The highest BCUT2D eigenvalue weighted by atomic mass is 32.2. The Balaban J connectivity index is 1.87. The quantitative estimate of drug-likeness (QED) is 0.544. The van der Waals surface area contributed by atoms with Gasteiger partial charge in [0.15, 0.2) is 0 Å². The summed E-state index contributed by atoms with van der Waals surface area (Å²) in [7, 11) is -3.73. The monoisotopic (exact) mass is 376 g/mol. The van der Waals surface area contributed by atoms with Crippen molar-refractivity contribution >= 4 is 43.2 Å². The van der Waals surface area contributed by atoms with Crippen molar-refractivity contribution in [1.82, 2.24) is 4.98 Å². The van der Waals surface area contributed by atoms with E-state index in [1.54, 1.807) is 30.3 Å². The molecule has 134 valence electrons. The molecular weight excluding hydrogens is 360 g/mol. The van der Waals surface area contributed by atoms with Crippen molar-refractivity contribution in [3.8, 4) is 0 Å². The molecule has 3 aromatic carbocycles. The van der Waals surface area contributed by atoms with Gasteiger partial charge in [0.1, 0.15) is 0 Å². The summed E-state index contributed by atoms with van der Waals surface area (Å²) in [5.74, 6) is -0.211. The number of rotatable bonds is 3. The lowest BCUT2D eigenvalue weighted by molar-refractivity contribution is -0.114. The first-order valence-corrected chi connectivity index (χ1v) is 9.85. The zero-order valence-electron chi connectivity index (χ0n) is 14.5. The maximum absolute atomic E-state index is 13.2. The molecule has 27 heavy (non-hydrogen) atoms. The lowest BCUT2D eigenvalue weighted by Crippen LogP contribution is -2.07. The van der Waals surface area contributed by atoms with Gasteiger partial charge in [-0.1, -0.05) is 24.3 Å². The number of amides is 1. The number of anilines is 1. The first-order chi connectivity index (χ1) is 12.9. The van der Waals surface area contributed by atoms with Crippen LogP contribution in [-0.4, -0.2) is 19.3 Å². The second kappa shape index (κ2) is 6.48. The van der Waals surface area contributed by atoms with Crippen molar-refractivity contribution in [1.29, 1.82) is 0 Å². The van der Waals surface area contributed by atoms with E-state index < -0.39 is 9.84 Å². The van der Waals surface area contributed by atoms with Crippen molar-refractivity contribution in [3.63, 3.8) is 0 Å². The lowest BCUT2D eigenvalue weighted by Gasteiger charge is -2.10. The SMILES string of the molecule is CC(=O)Nc1ccc(S(=O)(=O)c2cccc3nc4ccccc4cc23)cc1. The number of benzene rings is 3. The number of hydrogen-bond acceptors (Lipinski definition) is 4. The third kappa shape index (κ3) is 3.15. The van der Waals surface area contributed by atoms with Crippen LogP contribution in [0.2, 0.25) is 0 Å². The van der Waals surface area contributed by atoms with Gasteiger partial charge >= 0.3 is 0 Å². The molecule has 1 amide bonds. The van der Waals surface area contributed by atoms with Crippen LogP contribution in [0.3, 0.4) is 0 Å². The van der Waals surface area contributed by atoms with E-state index >= 15 is 0 Å². The highest BCUT2D eigenvalue weighted by Gasteiger charge is 2.21. The Bertz CT molecular complexity index is 1280. The second-order valence-electron chi connectivity index (χ2n) is 6.21. The number of nitrogens with zero attached hydrogens (tertiary/aromatic N) is 1. The fourth-order valence-corrected chi connectivity index (χ4v) is 4.51. The van der Waals surface area contributed by atoms with E-state index in [1.165, 1.54) is 19.1 Å². The highest BCUT2D eigenvalue weighted by molar-refractivity contribution is 7.91. The van der Waals surface area contributed by atoms with Crippen LogP contribution in [0, 0.1) is 0 Å². The average molecular weight is 376 g/mol. The summed E-state index contributed by atoms with van der Waals surface area (Å²) in [4.78, 5) is 16.1. The van der Waals surface area contributed by atoms with E-state index in [4.69, 9.17) is 0 Å². The summed E-state index contributed by atoms with van der Waals surface area (Å²) < 4.78 is 26.4. The van der Waals surface area contributed by atoms with Gasteiger partial charge in [-0.05, 0) is 48.5 Å². The Morgan fingerprint density at radius 2 is 1.59 bits per heavy atom. The van der Waals surface area contributed by atoms with Crippen molar-refractivity contribution in [2.24, 2.45) is 0 Å². The van der Waals surface area contributed by atoms with Crippen molar-refractivity contribution < 1.29 is 13.2 Å². The molecule has 1 N–H and O–H groups in total. The maximum Gasteiger partial charge on any atom is 0.221 e. The summed E-state index contributed by atoms with van der Waals surface area (Å²) in [5, 5.41) is 4.10. The smallest absolute Gasteiger partial charge is 0.221 e. The van der Waals surface area contributed by atoms with E-state index in [2.05, 4.69) is 10.3 Å². The topological polar surface area (TPSA) is 76.1 Å². The summed E-state index contributed by atoms with van der Waals surface area (Å²) >= 11 is 0. The van der Waals surface area contributed by atoms with Gasteiger partial charge in [0.2, 0.25) is 15.7 Å². The van der Waals surface area contributed by atoms with Crippen molar-refractivity contribution in [3.05, 3.63) is 72.8 Å². The Kier molecular flexibility index (Phi) is 4.12. The molecule has 0 atom stereocenters. The normalized spacial score (nSPS) is 11.6. The molecule has 1 heterocycles. The van der Waals surface area contributed by atoms with E-state index in [0.717, 1.165) is 10.9 Å². The standard InChI is InChI=1S/C21H16N2O3S/c1-14(24)22-16-9-11-17(12-10-16)27(25,26)21-8-4-7-20-18(21)13-15-5-2-3-6-19(15)23-20/h2-13H,1H3,(H,22,24). The Labute approximate surface area is 156 Å². The lowest BCUT2D eigenvalue weighted by atomic mass is 10.1. The van der Waals surface area contributed by atoms with Gasteiger partial charge in [-0.3, -0.25) is 4.79 Å². The van der Waals surface area contributed by atoms with Crippen LogP contribution in [0.4, 0.5) is 5.69 Å². The summed E-state index contributed by atoms with van der Waals surface area (Å²) in [6.07, 6.45) is 0. The molecule has 0 saturated carbocycles. The number of pyridine rings is 1. The Morgan fingerprint density at radius 1 is 0.889 bits per heavy atom. The number of aromatic nitrogens is 1. The fraction of sp³-hybridized carbons (Fsp3) is 0.0476. The zero-order valence-corrected chi connectivity index (χ0v) is 15.3. The molecule has 4 aromatic rings. The summed E-state index contributed by atoms with van der Waals surface area (Å²) in [5.41, 5.74) is 2.00. The second-order valence-corrected chi connectivity index (χ2v) is 8.13. The van der Waals surface area contributed by atoms with Crippen LogP contribution in [0.5, 0.6) is 0 Å². The Morgan fingerprint density at radius 3 is 2.33 bits per heavy atom. The number of sulfone groups is 1. The number of carbonyl (C=O) groups excluding carboxylic acids is 1. The van der Waals surface area contributed by atoms with E-state index in [-0.39, 0.29) is 15.7 Å². The molecular formula is C21H16N2O3S. The molecule has 0 aliphatic carbocycles. The zero-order chi connectivity index (χ0) is 19.0. The third-order valence-electron chi connectivity index (χ3n) is 4.30. The molecule has 0 saturated heterocycles. The van der Waals surface area contributed by atoms with Gasteiger partial charge in [-0.25, -0.2) is 13.4 Å². The van der Waals surface area contributed by atoms with Gasteiger partial charge < -0.3 is 5.32 Å². The van der Waals surface area contributed by atoms with Crippen molar-refractivity contribution in [2.45, 2.75) is 16.7 Å². The molecule has 0 bridgehead atoms. The minimum atomic E-state index is -3.73. The van der Waals surface area contributed by atoms with Crippen LogP contribution >= 0.6 is 0 Å². The molecule has 5 nitrogen and oxygen atoms in total. The van der Waals surface area contributed by atoms with Crippen molar-refractivity contribution in [2.75, 3.05) is 5.32 Å². The van der Waals surface area contributed by atoms with Crippen LogP contribution in [0.1, 0.15) is 6.92 Å².